The van der Waals surface area contributed by atoms with E-state index in [-0.39, 0.29) is 11.9 Å². The summed E-state index contributed by atoms with van der Waals surface area (Å²) in [4.78, 5) is 16.1. The Labute approximate surface area is 152 Å². The Balaban J connectivity index is 1.63. The first kappa shape index (κ1) is 16.2. The molecule has 128 valence electrons. The van der Waals surface area contributed by atoms with Gasteiger partial charge >= 0.3 is 0 Å². The Bertz CT molecular complexity index is 1010. The number of benzene rings is 3. The van der Waals surface area contributed by atoms with E-state index in [1.807, 2.05) is 60.7 Å². The highest BCUT2D eigenvalue weighted by Crippen LogP contribution is 2.22. The van der Waals surface area contributed by atoms with Crippen LogP contribution in [-0.2, 0) is 6.42 Å². The molecule has 0 aliphatic heterocycles. The summed E-state index contributed by atoms with van der Waals surface area (Å²) in [6, 6.07) is 28.1. The number of amides is 1. The summed E-state index contributed by atoms with van der Waals surface area (Å²) in [5.74, 6) is -0.0627. The Morgan fingerprint density at radius 2 is 1.50 bits per heavy atom. The van der Waals surface area contributed by atoms with Crippen LogP contribution in [-0.4, -0.2) is 10.9 Å². The number of carbonyl (C=O) groups is 1. The number of aromatic amines is 1. The monoisotopic (exact) mass is 340 g/mol. The minimum Gasteiger partial charge on any atom is -0.360 e. The van der Waals surface area contributed by atoms with Crippen molar-refractivity contribution in [3.05, 3.63) is 108 Å². The first-order valence-corrected chi connectivity index (χ1v) is 8.77. The minimum atomic E-state index is -0.0836. The molecule has 0 aliphatic carbocycles. The van der Waals surface area contributed by atoms with Crippen molar-refractivity contribution in [2.24, 2.45) is 0 Å². The van der Waals surface area contributed by atoms with Crippen molar-refractivity contribution < 1.29 is 4.79 Å². The molecule has 3 aromatic carbocycles. The molecule has 0 fully saturated rings. The van der Waals surface area contributed by atoms with Gasteiger partial charge in [0.25, 0.3) is 5.91 Å². The van der Waals surface area contributed by atoms with Crippen molar-refractivity contribution in [1.29, 1.82) is 0 Å². The molecule has 1 heterocycles. The van der Waals surface area contributed by atoms with Gasteiger partial charge in [-0.05, 0) is 23.6 Å². The SMILES string of the molecule is O=C(NC(Cc1ccccc1)c1ccccc1)c1c[nH]c2ccccc12. The van der Waals surface area contributed by atoms with Crippen LogP contribution in [0.3, 0.4) is 0 Å². The van der Waals surface area contributed by atoms with E-state index in [1.165, 1.54) is 5.56 Å². The highest BCUT2D eigenvalue weighted by Gasteiger charge is 2.18. The highest BCUT2D eigenvalue weighted by atomic mass is 16.1. The Kier molecular flexibility index (Phi) is 4.52. The van der Waals surface area contributed by atoms with Crippen molar-refractivity contribution in [2.45, 2.75) is 12.5 Å². The van der Waals surface area contributed by atoms with Gasteiger partial charge in [0.2, 0.25) is 0 Å². The molecule has 0 saturated carbocycles. The lowest BCUT2D eigenvalue weighted by molar-refractivity contribution is 0.0938. The molecule has 4 rings (SSSR count). The molecular formula is C23H20N2O. The van der Waals surface area contributed by atoms with Crippen LogP contribution in [0.1, 0.15) is 27.5 Å². The lowest BCUT2D eigenvalue weighted by Crippen LogP contribution is -2.29. The van der Waals surface area contributed by atoms with Crippen LogP contribution >= 0.6 is 0 Å². The predicted octanol–water partition coefficient (Wildman–Crippen LogP) is 4.88. The number of aromatic nitrogens is 1. The van der Waals surface area contributed by atoms with Crippen molar-refractivity contribution in [3.8, 4) is 0 Å². The lowest BCUT2D eigenvalue weighted by Gasteiger charge is -2.19. The van der Waals surface area contributed by atoms with E-state index in [4.69, 9.17) is 0 Å². The molecule has 1 unspecified atom stereocenters. The number of para-hydroxylation sites is 1. The summed E-state index contributed by atoms with van der Waals surface area (Å²) in [6.45, 7) is 0. The summed E-state index contributed by atoms with van der Waals surface area (Å²) in [5, 5.41) is 4.16. The van der Waals surface area contributed by atoms with Crippen molar-refractivity contribution >= 4 is 16.8 Å². The molecule has 0 bridgehead atoms. The van der Waals surface area contributed by atoms with Crippen LogP contribution in [0.15, 0.2) is 91.1 Å². The third-order valence-corrected chi connectivity index (χ3v) is 4.62. The summed E-state index contributed by atoms with van der Waals surface area (Å²) in [7, 11) is 0. The van der Waals surface area contributed by atoms with Gasteiger partial charge in [0.1, 0.15) is 0 Å². The Hall–Kier alpha value is -3.33. The normalized spacial score (nSPS) is 12.0. The molecule has 4 aromatic rings. The molecule has 0 radical (unpaired) electrons. The first-order chi connectivity index (χ1) is 12.8. The quantitative estimate of drug-likeness (QED) is 0.534. The van der Waals surface area contributed by atoms with Gasteiger partial charge in [-0.3, -0.25) is 4.79 Å². The molecular weight excluding hydrogens is 320 g/mol. The smallest absolute Gasteiger partial charge is 0.253 e. The second-order valence-electron chi connectivity index (χ2n) is 6.37. The van der Waals surface area contributed by atoms with Gasteiger partial charge in [-0.15, -0.1) is 0 Å². The zero-order valence-corrected chi connectivity index (χ0v) is 14.4. The van der Waals surface area contributed by atoms with Gasteiger partial charge in [0, 0.05) is 17.1 Å². The number of hydrogen-bond donors (Lipinski definition) is 2. The zero-order chi connectivity index (χ0) is 17.8. The van der Waals surface area contributed by atoms with Crippen molar-refractivity contribution in [1.82, 2.24) is 10.3 Å². The molecule has 0 spiro atoms. The zero-order valence-electron chi connectivity index (χ0n) is 14.4. The number of H-pyrrole nitrogens is 1. The fourth-order valence-electron chi connectivity index (χ4n) is 3.28. The first-order valence-electron chi connectivity index (χ1n) is 8.77. The van der Waals surface area contributed by atoms with E-state index in [1.54, 1.807) is 6.20 Å². The number of nitrogens with one attached hydrogen (secondary N) is 2. The standard InChI is InChI=1S/C23H20N2O/c26-23(20-16-24-21-14-8-7-13-19(20)21)25-22(18-11-5-2-6-12-18)15-17-9-3-1-4-10-17/h1-14,16,22,24H,15H2,(H,25,26). The van der Waals surface area contributed by atoms with E-state index >= 15 is 0 Å². The number of carbonyl (C=O) groups excluding carboxylic acids is 1. The number of hydrogen-bond acceptors (Lipinski definition) is 1. The number of fused-ring (bicyclic) bond motifs is 1. The summed E-state index contributed by atoms with van der Waals surface area (Å²) in [5.41, 5.74) is 3.94. The molecule has 1 atom stereocenters. The van der Waals surface area contributed by atoms with Gasteiger partial charge in [-0.2, -0.15) is 0 Å². The summed E-state index contributed by atoms with van der Waals surface area (Å²) < 4.78 is 0. The average molecular weight is 340 g/mol. The fraction of sp³-hybridized carbons (Fsp3) is 0.0870. The van der Waals surface area contributed by atoms with E-state index < -0.39 is 0 Å². The fourth-order valence-corrected chi connectivity index (χ4v) is 3.28. The predicted molar refractivity (Wildman–Crippen MR) is 105 cm³/mol. The third-order valence-electron chi connectivity index (χ3n) is 4.62. The molecule has 2 N–H and O–H groups in total. The summed E-state index contributed by atoms with van der Waals surface area (Å²) >= 11 is 0. The molecule has 3 heteroatoms. The topological polar surface area (TPSA) is 44.9 Å². The van der Waals surface area contributed by atoms with Crippen LogP contribution in [0.5, 0.6) is 0 Å². The maximum atomic E-state index is 13.0. The highest BCUT2D eigenvalue weighted by molar-refractivity contribution is 6.06. The van der Waals surface area contributed by atoms with Gasteiger partial charge < -0.3 is 10.3 Å². The maximum Gasteiger partial charge on any atom is 0.253 e. The van der Waals surface area contributed by atoms with Gasteiger partial charge in [-0.1, -0.05) is 78.9 Å². The van der Waals surface area contributed by atoms with E-state index in [9.17, 15) is 4.79 Å². The van der Waals surface area contributed by atoms with Gasteiger partial charge in [-0.25, -0.2) is 0 Å². The van der Waals surface area contributed by atoms with Gasteiger partial charge in [0.15, 0.2) is 0 Å². The van der Waals surface area contributed by atoms with Crippen LogP contribution in [0.4, 0.5) is 0 Å². The van der Waals surface area contributed by atoms with Gasteiger partial charge in [0.05, 0.1) is 11.6 Å². The largest absolute Gasteiger partial charge is 0.360 e. The Morgan fingerprint density at radius 3 is 2.27 bits per heavy atom. The van der Waals surface area contributed by atoms with Crippen LogP contribution < -0.4 is 5.32 Å². The molecule has 26 heavy (non-hydrogen) atoms. The van der Waals surface area contributed by atoms with Crippen molar-refractivity contribution in [3.63, 3.8) is 0 Å². The van der Waals surface area contributed by atoms with E-state index in [0.29, 0.717) is 5.56 Å². The number of rotatable bonds is 5. The molecule has 1 amide bonds. The summed E-state index contributed by atoms with van der Waals surface area (Å²) in [6.07, 6.45) is 2.53. The van der Waals surface area contributed by atoms with Crippen LogP contribution in [0.25, 0.3) is 10.9 Å². The molecule has 1 aromatic heterocycles. The van der Waals surface area contributed by atoms with E-state index in [0.717, 1.165) is 22.9 Å². The van der Waals surface area contributed by atoms with E-state index in [2.05, 4.69) is 34.6 Å². The molecule has 0 aliphatic rings. The Morgan fingerprint density at radius 1 is 0.846 bits per heavy atom. The van der Waals surface area contributed by atoms with Crippen LogP contribution in [0.2, 0.25) is 0 Å². The molecule has 3 nitrogen and oxygen atoms in total. The minimum absolute atomic E-state index is 0.0627. The second kappa shape index (κ2) is 7.28. The molecule has 0 saturated heterocycles. The maximum absolute atomic E-state index is 13.0. The lowest BCUT2D eigenvalue weighted by atomic mass is 9.98. The second-order valence-corrected chi connectivity index (χ2v) is 6.37. The third kappa shape index (κ3) is 3.38. The van der Waals surface area contributed by atoms with Crippen LogP contribution in [0, 0.1) is 0 Å². The van der Waals surface area contributed by atoms with Crippen molar-refractivity contribution in [2.75, 3.05) is 0 Å². The average Bonchev–Trinajstić information content (AvgIpc) is 3.13.